The number of methoxy groups -OCH3 is 1. The molecule has 0 unspecified atom stereocenters. The van der Waals surface area contributed by atoms with Gasteiger partial charge in [-0.15, -0.1) is 5.10 Å². The van der Waals surface area contributed by atoms with Crippen LogP contribution in [0, 0.1) is 6.92 Å². The lowest BCUT2D eigenvalue weighted by Crippen LogP contribution is -2.60. The van der Waals surface area contributed by atoms with Crippen molar-refractivity contribution in [2.75, 3.05) is 30.4 Å². The number of anilines is 2. The molecular weight excluding hydrogens is 456 g/mol. The standard InChI is InChI=1S/C25H29F2N5O3/c1-14(16-6-5-7-17(10-16)25(26,27)35-18-8-9-18)28-22-19-11-20(32-12-24(3,33)13-32)23(34-4)29-21(19)15(2)30-31-22/h5-7,10-11,14,18,33H,8-9,12-13H2,1-4H3,(H,28,31)/t14-/m1/s1. The zero-order valence-electron chi connectivity index (χ0n) is 20.2. The molecule has 1 aliphatic carbocycles. The molecule has 0 radical (unpaired) electrons. The highest BCUT2D eigenvalue weighted by molar-refractivity contribution is 5.94. The quantitative estimate of drug-likeness (QED) is 0.488. The molecule has 1 aliphatic heterocycles. The van der Waals surface area contributed by atoms with Crippen molar-refractivity contribution in [1.82, 2.24) is 15.2 Å². The van der Waals surface area contributed by atoms with Gasteiger partial charge in [0, 0.05) is 18.5 Å². The van der Waals surface area contributed by atoms with Crippen LogP contribution in [-0.4, -0.2) is 52.2 Å². The van der Waals surface area contributed by atoms with E-state index in [1.165, 1.54) is 12.1 Å². The first-order valence-corrected chi connectivity index (χ1v) is 11.7. The molecule has 35 heavy (non-hydrogen) atoms. The number of halogens is 2. The van der Waals surface area contributed by atoms with E-state index in [9.17, 15) is 13.9 Å². The number of pyridine rings is 1. The van der Waals surface area contributed by atoms with Gasteiger partial charge in [-0.25, -0.2) is 4.98 Å². The Morgan fingerprint density at radius 2 is 1.97 bits per heavy atom. The summed E-state index contributed by atoms with van der Waals surface area (Å²) in [6, 6.07) is 7.80. The zero-order valence-corrected chi connectivity index (χ0v) is 20.2. The van der Waals surface area contributed by atoms with Crippen LogP contribution in [0.25, 0.3) is 10.9 Å². The van der Waals surface area contributed by atoms with E-state index >= 15 is 0 Å². The molecule has 1 saturated carbocycles. The van der Waals surface area contributed by atoms with E-state index in [0.717, 1.165) is 11.1 Å². The predicted molar refractivity (Wildman–Crippen MR) is 128 cm³/mol. The van der Waals surface area contributed by atoms with E-state index in [4.69, 9.17) is 9.47 Å². The number of ether oxygens (including phenoxy) is 2. The molecular formula is C25H29F2N5O3. The van der Waals surface area contributed by atoms with Crippen LogP contribution in [0.1, 0.15) is 49.6 Å². The molecule has 10 heteroatoms. The van der Waals surface area contributed by atoms with Crippen molar-refractivity contribution < 1.29 is 23.4 Å². The number of benzene rings is 1. The molecule has 0 spiro atoms. The molecule has 3 heterocycles. The van der Waals surface area contributed by atoms with Crippen molar-refractivity contribution >= 4 is 22.4 Å². The maximum absolute atomic E-state index is 14.5. The number of β-amino-alcohol motifs (C(OH)–C–C–N with tert-alkyl or cyclic N) is 1. The number of nitrogens with one attached hydrogen (secondary N) is 1. The fraction of sp³-hybridized carbons (Fsp3) is 0.480. The summed E-state index contributed by atoms with van der Waals surface area (Å²) in [4.78, 5) is 6.65. The third kappa shape index (κ3) is 4.72. The molecule has 2 aromatic heterocycles. The summed E-state index contributed by atoms with van der Waals surface area (Å²) in [6.45, 7) is 6.38. The number of alkyl halides is 2. The number of hydrogen-bond acceptors (Lipinski definition) is 8. The van der Waals surface area contributed by atoms with Crippen molar-refractivity contribution in [3.8, 4) is 5.88 Å². The van der Waals surface area contributed by atoms with Gasteiger partial charge in [0.1, 0.15) is 11.2 Å². The predicted octanol–water partition coefficient (Wildman–Crippen LogP) is 4.31. The third-order valence-electron chi connectivity index (χ3n) is 6.38. The van der Waals surface area contributed by atoms with Gasteiger partial charge in [0.15, 0.2) is 5.82 Å². The van der Waals surface area contributed by atoms with Crippen molar-refractivity contribution in [2.24, 2.45) is 0 Å². The number of fused-ring (bicyclic) bond motifs is 1. The minimum absolute atomic E-state index is 0.172. The Morgan fingerprint density at radius 3 is 2.63 bits per heavy atom. The van der Waals surface area contributed by atoms with Gasteiger partial charge >= 0.3 is 6.11 Å². The minimum Gasteiger partial charge on any atom is -0.480 e. The highest BCUT2D eigenvalue weighted by atomic mass is 19.3. The number of rotatable bonds is 8. The van der Waals surface area contributed by atoms with Gasteiger partial charge in [-0.1, -0.05) is 18.2 Å². The summed E-state index contributed by atoms with van der Waals surface area (Å²) in [5.41, 5.74) is 1.73. The van der Waals surface area contributed by atoms with Gasteiger partial charge in [0.25, 0.3) is 0 Å². The summed E-state index contributed by atoms with van der Waals surface area (Å²) >= 11 is 0. The lowest BCUT2D eigenvalue weighted by molar-refractivity contribution is -0.255. The van der Waals surface area contributed by atoms with E-state index in [-0.39, 0.29) is 17.7 Å². The lowest BCUT2D eigenvalue weighted by atomic mass is 9.96. The number of aryl methyl sites for hydroxylation is 1. The highest BCUT2D eigenvalue weighted by Gasteiger charge is 2.40. The van der Waals surface area contributed by atoms with Gasteiger partial charge in [0.2, 0.25) is 5.88 Å². The third-order valence-corrected chi connectivity index (χ3v) is 6.38. The second kappa shape index (κ2) is 8.53. The Hall–Kier alpha value is -3.11. The van der Waals surface area contributed by atoms with Crippen LogP contribution >= 0.6 is 0 Å². The molecule has 8 nitrogen and oxygen atoms in total. The van der Waals surface area contributed by atoms with Gasteiger partial charge in [0.05, 0.1) is 36.1 Å². The van der Waals surface area contributed by atoms with E-state index in [2.05, 4.69) is 20.5 Å². The number of aliphatic hydroxyl groups is 1. The molecule has 0 amide bonds. The average molecular weight is 486 g/mol. The molecule has 5 rings (SSSR count). The fourth-order valence-electron chi connectivity index (χ4n) is 4.34. The molecule has 0 bridgehead atoms. The van der Waals surface area contributed by atoms with Crippen LogP contribution < -0.4 is 15.0 Å². The summed E-state index contributed by atoms with van der Waals surface area (Å²) in [5, 5.41) is 22.8. The first-order valence-electron chi connectivity index (χ1n) is 11.7. The number of nitrogens with zero attached hydrogens (tertiary/aromatic N) is 4. The Bertz CT molecular complexity index is 1260. The SMILES string of the molecule is COc1nc2c(C)nnc(N[C@H](C)c3cccc(C(F)(F)OC4CC4)c3)c2cc1N1CC(C)(O)C1. The van der Waals surface area contributed by atoms with Crippen molar-refractivity contribution in [1.29, 1.82) is 0 Å². The van der Waals surface area contributed by atoms with Crippen LogP contribution in [0.5, 0.6) is 5.88 Å². The van der Waals surface area contributed by atoms with Crippen LogP contribution in [0.3, 0.4) is 0 Å². The summed E-state index contributed by atoms with van der Waals surface area (Å²) in [5.74, 6) is 0.918. The molecule has 1 atom stereocenters. The van der Waals surface area contributed by atoms with Gasteiger partial charge in [-0.2, -0.15) is 13.9 Å². The van der Waals surface area contributed by atoms with Gasteiger partial charge < -0.3 is 24.8 Å². The Labute approximate surface area is 202 Å². The van der Waals surface area contributed by atoms with Crippen LogP contribution in [-0.2, 0) is 10.8 Å². The number of aromatic nitrogens is 3. The second-order valence-corrected chi connectivity index (χ2v) is 9.73. The van der Waals surface area contributed by atoms with E-state index in [0.29, 0.717) is 54.4 Å². The molecule has 2 fully saturated rings. The normalized spacial score (nSPS) is 18.3. The lowest BCUT2D eigenvalue weighted by Gasteiger charge is -2.45. The van der Waals surface area contributed by atoms with Crippen LogP contribution in [0.4, 0.5) is 20.3 Å². The minimum atomic E-state index is -3.33. The first kappa shape index (κ1) is 23.6. The van der Waals surface area contributed by atoms with Crippen LogP contribution in [0.2, 0.25) is 0 Å². The first-order chi connectivity index (χ1) is 16.6. The van der Waals surface area contributed by atoms with Gasteiger partial charge in [-0.3, -0.25) is 0 Å². The molecule has 3 aromatic rings. The van der Waals surface area contributed by atoms with Crippen molar-refractivity contribution in [2.45, 2.75) is 57.5 Å². The topological polar surface area (TPSA) is 92.6 Å². The largest absolute Gasteiger partial charge is 0.480 e. The number of hydrogen-bond donors (Lipinski definition) is 2. The maximum atomic E-state index is 14.5. The van der Waals surface area contributed by atoms with Crippen molar-refractivity contribution in [3.63, 3.8) is 0 Å². The van der Waals surface area contributed by atoms with E-state index < -0.39 is 11.7 Å². The molecule has 1 aromatic carbocycles. The smallest absolute Gasteiger partial charge is 0.383 e. The Balaban J connectivity index is 1.46. The summed E-state index contributed by atoms with van der Waals surface area (Å²) in [6.07, 6.45) is -2.36. The molecule has 2 aliphatic rings. The maximum Gasteiger partial charge on any atom is 0.383 e. The van der Waals surface area contributed by atoms with Crippen LogP contribution in [0.15, 0.2) is 30.3 Å². The zero-order chi connectivity index (χ0) is 25.0. The summed E-state index contributed by atoms with van der Waals surface area (Å²) < 4.78 is 39.5. The van der Waals surface area contributed by atoms with Gasteiger partial charge in [-0.05, 0) is 51.3 Å². The summed E-state index contributed by atoms with van der Waals surface area (Å²) in [7, 11) is 1.55. The fourth-order valence-corrected chi connectivity index (χ4v) is 4.34. The van der Waals surface area contributed by atoms with E-state index in [1.807, 2.05) is 24.8 Å². The monoisotopic (exact) mass is 485 g/mol. The molecule has 1 saturated heterocycles. The molecule has 2 N–H and O–H groups in total. The van der Waals surface area contributed by atoms with E-state index in [1.54, 1.807) is 26.2 Å². The average Bonchev–Trinajstić information content (AvgIpc) is 3.62. The molecule has 186 valence electrons. The second-order valence-electron chi connectivity index (χ2n) is 9.73. The highest BCUT2D eigenvalue weighted by Crippen LogP contribution is 2.40. The van der Waals surface area contributed by atoms with Crippen molar-refractivity contribution in [3.05, 3.63) is 47.2 Å². The Morgan fingerprint density at radius 1 is 1.23 bits per heavy atom. The Kier molecular flexibility index (Phi) is 5.76.